The highest BCUT2D eigenvalue weighted by Gasteiger charge is 2.30. The number of halogens is 5. The Morgan fingerprint density at radius 2 is 1.48 bits per heavy atom. The van der Waals surface area contributed by atoms with E-state index in [2.05, 4.69) is 9.97 Å². The number of hydrogen-bond acceptors (Lipinski definition) is 2. The standard InChI is InChI=1S/C15H10F5N3/c1-14(16,17)12-7-22-13-21-6-10(8-23(12)13)9-2-4-11(5-3-9)15(18,19)20/h2-8H,1H3. The molecular formula is C15H10F5N3. The Bertz CT molecular complexity index is 844. The van der Waals surface area contributed by atoms with Gasteiger partial charge in [-0.15, -0.1) is 0 Å². The van der Waals surface area contributed by atoms with Crippen LogP contribution in [0.1, 0.15) is 18.2 Å². The summed E-state index contributed by atoms with van der Waals surface area (Å²) in [7, 11) is 0. The molecule has 0 N–H and O–H groups in total. The first-order valence-corrected chi connectivity index (χ1v) is 6.55. The third-order valence-corrected chi connectivity index (χ3v) is 3.36. The molecule has 0 saturated heterocycles. The predicted octanol–water partition coefficient (Wildman–Crippen LogP) is 4.53. The third-order valence-electron chi connectivity index (χ3n) is 3.36. The van der Waals surface area contributed by atoms with E-state index < -0.39 is 17.7 Å². The summed E-state index contributed by atoms with van der Waals surface area (Å²) in [6.07, 6.45) is -0.644. The van der Waals surface area contributed by atoms with Crippen LogP contribution in [0.2, 0.25) is 0 Å². The van der Waals surface area contributed by atoms with E-state index in [9.17, 15) is 22.0 Å². The van der Waals surface area contributed by atoms with Crippen LogP contribution in [0.4, 0.5) is 22.0 Å². The van der Waals surface area contributed by atoms with Gasteiger partial charge in [0.25, 0.3) is 5.92 Å². The first-order chi connectivity index (χ1) is 10.7. The minimum atomic E-state index is -4.43. The van der Waals surface area contributed by atoms with E-state index in [0.717, 1.165) is 29.7 Å². The summed E-state index contributed by atoms with van der Waals surface area (Å²) in [6, 6.07) is 4.41. The van der Waals surface area contributed by atoms with E-state index >= 15 is 0 Å². The molecule has 0 unspecified atom stereocenters. The molecule has 120 valence electrons. The minimum absolute atomic E-state index is 0.0946. The summed E-state index contributed by atoms with van der Waals surface area (Å²) < 4.78 is 65.9. The molecule has 1 aromatic carbocycles. The van der Waals surface area contributed by atoms with Crippen molar-refractivity contribution in [3.8, 4) is 11.1 Å². The maximum absolute atomic E-state index is 13.5. The maximum Gasteiger partial charge on any atom is 0.416 e. The molecule has 0 spiro atoms. The average molecular weight is 327 g/mol. The Balaban J connectivity index is 2.07. The Labute approximate surface area is 127 Å². The van der Waals surface area contributed by atoms with Crippen molar-refractivity contribution in [2.45, 2.75) is 19.0 Å². The predicted molar refractivity (Wildman–Crippen MR) is 73.0 cm³/mol. The van der Waals surface area contributed by atoms with Crippen LogP contribution in [-0.2, 0) is 12.1 Å². The second-order valence-corrected chi connectivity index (χ2v) is 5.12. The second-order valence-electron chi connectivity index (χ2n) is 5.12. The zero-order valence-electron chi connectivity index (χ0n) is 11.8. The lowest BCUT2D eigenvalue weighted by Gasteiger charge is -2.11. The number of alkyl halides is 5. The SMILES string of the molecule is CC(F)(F)c1cnc2ncc(-c3ccc(C(F)(F)F)cc3)cn12. The molecule has 0 fully saturated rings. The highest BCUT2D eigenvalue weighted by Crippen LogP contribution is 2.32. The summed E-state index contributed by atoms with van der Waals surface area (Å²) >= 11 is 0. The summed E-state index contributed by atoms with van der Waals surface area (Å²) in [5.74, 6) is -3.02. The summed E-state index contributed by atoms with van der Waals surface area (Å²) in [5.41, 5.74) is -0.270. The van der Waals surface area contributed by atoms with Gasteiger partial charge in [-0.25, -0.2) is 9.97 Å². The largest absolute Gasteiger partial charge is 0.416 e. The fourth-order valence-electron chi connectivity index (χ4n) is 2.20. The van der Waals surface area contributed by atoms with Gasteiger partial charge in [-0.1, -0.05) is 12.1 Å². The van der Waals surface area contributed by atoms with Gasteiger partial charge in [-0.05, 0) is 17.7 Å². The molecule has 0 saturated carbocycles. The van der Waals surface area contributed by atoms with Crippen LogP contribution in [0.15, 0.2) is 42.9 Å². The van der Waals surface area contributed by atoms with Gasteiger partial charge < -0.3 is 0 Å². The average Bonchev–Trinajstić information content (AvgIpc) is 2.89. The normalized spacial score (nSPS) is 12.8. The zero-order valence-corrected chi connectivity index (χ0v) is 11.8. The van der Waals surface area contributed by atoms with Gasteiger partial charge >= 0.3 is 6.18 Å². The van der Waals surface area contributed by atoms with E-state index in [1.807, 2.05) is 0 Å². The summed E-state index contributed by atoms with van der Waals surface area (Å²) in [6.45, 7) is 0.737. The summed E-state index contributed by atoms with van der Waals surface area (Å²) in [5, 5.41) is 0. The number of nitrogens with zero attached hydrogens (tertiary/aromatic N) is 3. The molecular weight excluding hydrogens is 317 g/mol. The number of aromatic nitrogens is 3. The minimum Gasteiger partial charge on any atom is -0.282 e. The highest BCUT2D eigenvalue weighted by molar-refractivity contribution is 5.63. The lowest BCUT2D eigenvalue weighted by atomic mass is 10.1. The molecule has 2 heterocycles. The molecule has 0 aliphatic heterocycles. The lowest BCUT2D eigenvalue weighted by Crippen LogP contribution is -2.10. The third kappa shape index (κ3) is 2.88. The van der Waals surface area contributed by atoms with Crippen LogP contribution < -0.4 is 0 Å². The molecule has 0 radical (unpaired) electrons. The number of hydrogen-bond donors (Lipinski definition) is 0. The Morgan fingerprint density at radius 1 is 0.870 bits per heavy atom. The molecule has 23 heavy (non-hydrogen) atoms. The van der Waals surface area contributed by atoms with Gasteiger partial charge in [-0.2, -0.15) is 22.0 Å². The number of imidazole rings is 1. The van der Waals surface area contributed by atoms with Crippen molar-refractivity contribution in [1.29, 1.82) is 0 Å². The first-order valence-electron chi connectivity index (χ1n) is 6.55. The second kappa shape index (κ2) is 5.00. The van der Waals surface area contributed by atoms with Gasteiger partial charge in [0.05, 0.1) is 11.8 Å². The van der Waals surface area contributed by atoms with E-state index in [4.69, 9.17) is 0 Å². The Kier molecular flexibility index (Phi) is 3.35. The highest BCUT2D eigenvalue weighted by atomic mass is 19.4. The Morgan fingerprint density at radius 3 is 2.04 bits per heavy atom. The molecule has 3 rings (SSSR count). The van der Waals surface area contributed by atoms with Gasteiger partial charge in [0.1, 0.15) is 5.69 Å². The van der Waals surface area contributed by atoms with E-state index in [0.29, 0.717) is 11.1 Å². The topological polar surface area (TPSA) is 30.2 Å². The van der Waals surface area contributed by atoms with Crippen molar-refractivity contribution in [3.63, 3.8) is 0 Å². The zero-order chi connectivity index (χ0) is 16.8. The molecule has 3 aromatic rings. The van der Waals surface area contributed by atoms with Gasteiger partial charge in [-0.3, -0.25) is 4.40 Å². The molecule has 8 heteroatoms. The van der Waals surface area contributed by atoms with Crippen LogP contribution in [0, 0.1) is 0 Å². The fraction of sp³-hybridized carbons (Fsp3) is 0.200. The van der Waals surface area contributed by atoms with Crippen LogP contribution in [0.25, 0.3) is 16.9 Å². The van der Waals surface area contributed by atoms with Crippen LogP contribution in [-0.4, -0.2) is 14.4 Å². The smallest absolute Gasteiger partial charge is 0.282 e. The van der Waals surface area contributed by atoms with E-state index in [1.165, 1.54) is 24.5 Å². The number of benzene rings is 1. The first kappa shape index (κ1) is 15.4. The number of rotatable bonds is 2. The van der Waals surface area contributed by atoms with Crippen molar-refractivity contribution in [3.05, 3.63) is 54.1 Å². The van der Waals surface area contributed by atoms with Crippen LogP contribution in [0.3, 0.4) is 0 Å². The van der Waals surface area contributed by atoms with Crippen molar-refractivity contribution < 1.29 is 22.0 Å². The molecule has 0 aliphatic rings. The molecule has 2 aromatic heterocycles. The molecule has 0 amide bonds. The molecule has 3 nitrogen and oxygen atoms in total. The molecule has 0 aliphatic carbocycles. The maximum atomic E-state index is 13.5. The van der Waals surface area contributed by atoms with Gasteiger partial charge in [0.2, 0.25) is 5.78 Å². The summed E-state index contributed by atoms with van der Waals surface area (Å²) in [4.78, 5) is 7.75. The quantitative estimate of drug-likeness (QED) is 0.648. The van der Waals surface area contributed by atoms with Crippen LogP contribution in [0.5, 0.6) is 0 Å². The molecule has 0 atom stereocenters. The van der Waals surface area contributed by atoms with Crippen molar-refractivity contribution >= 4 is 5.78 Å². The number of fused-ring (bicyclic) bond motifs is 1. The van der Waals surface area contributed by atoms with Crippen molar-refractivity contribution in [2.24, 2.45) is 0 Å². The van der Waals surface area contributed by atoms with Gasteiger partial charge in [0, 0.05) is 24.9 Å². The van der Waals surface area contributed by atoms with Gasteiger partial charge in [0.15, 0.2) is 0 Å². The van der Waals surface area contributed by atoms with E-state index in [1.54, 1.807) is 0 Å². The molecule has 0 bridgehead atoms. The van der Waals surface area contributed by atoms with Crippen molar-refractivity contribution in [1.82, 2.24) is 14.4 Å². The fourth-order valence-corrected chi connectivity index (χ4v) is 2.20. The van der Waals surface area contributed by atoms with E-state index in [-0.39, 0.29) is 11.5 Å². The lowest BCUT2D eigenvalue weighted by molar-refractivity contribution is -0.137. The Hall–Kier alpha value is -2.51. The van der Waals surface area contributed by atoms with Crippen molar-refractivity contribution in [2.75, 3.05) is 0 Å². The van der Waals surface area contributed by atoms with Crippen LogP contribution >= 0.6 is 0 Å². The monoisotopic (exact) mass is 327 g/mol.